The largest absolute Gasteiger partial charge is 0.465 e. The van der Waals surface area contributed by atoms with Gasteiger partial charge in [0.25, 0.3) is 0 Å². The van der Waals surface area contributed by atoms with Crippen molar-refractivity contribution in [2.45, 2.75) is 13.8 Å². The van der Waals surface area contributed by atoms with Crippen LogP contribution in [-0.4, -0.2) is 13.1 Å². The predicted octanol–water partition coefficient (Wildman–Crippen LogP) is 6.17. The van der Waals surface area contributed by atoms with Crippen LogP contribution >= 0.6 is 0 Å². The first-order chi connectivity index (χ1) is 12.6. The van der Waals surface area contributed by atoms with Crippen LogP contribution in [0.2, 0.25) is 0 Å². The molecule has 0 atom stereocenters. The summed E-state index contributed by atoms with van der Waals surface area (Å²) in [5.41, 5.74) is 6.07. The van der Waals surface area contributed by atoms with E-state index >= 15 is 0 Å². The number of carbonyl (C=O) groups is 1. The van der Waals surface area contributed by atoms with Crippen LogP contribution in [0.3, 0.4) is 0 Å². The van der Waals surface area contributed by atoms with Crippen molar-refractivity contribution in [3.8, 4) is 11.1 Å². The molecule has 0 bridgehead atoms. The van der Waals surface area contributed by atoms with Crippen molar-refractivity contribution >= 4 is 17.3 Å². The van der Waals surface area contributed by atoms with E-state index < -0.39 is 0 Å². The topological polar surface area (TPSA) is 51.0 Å². The molecule has 0 saturated carbocycles. The highest BCUT2D eigenvalue weighted by Crippen LogP contribution is 2.33. The fourth-order valence-corrected chi connectivity index (χ4v) is 2.76. The number of hydrogen-bond donors (Lipinski definition) is 0. The number of benzene rings is 3. The van der Waals surface area contributed by atoms with Gasteiger partial charge in [-0.1, -0.05) is 48.5 Å². The van der Waals surface area contributed by atoms with E-state index in [4.69, 9.17) is 4.74 Å². The van der Waals surface area contributed by atoms with E-state index in [1.165, 1.54) is 7.11 Å². The number of hydrogen-bond acceptors (Lipinski definition) is 4. The van der Waals surface area contributed by atoms with Crippen LogP contribution in [0.1, 0.15) is 21.5 Å². The summed E-state index contributed by atoms with van der Waals surface area (Å²) in [7, 11) is 1.39. The Morgan fingerprint density at radius 2 is 1.46 bits per heavy atom. The zero-order valence-corrected chi connectivity index (χ0v) is 15.1. The first-order valence-corrected chi connectivity index (χ1v) is 8.36. The summed E-state index contributed by atoms with van der Waals surface area (Å²) >= 11 is 0. The quantitative estimate of drug-likeness (QED) is 0.419. The molecule has 0 aliphatic rings. The Morgan fingerprint density at radius 3 is 2.15 bits per heavy atom. The van der Waals surface area contributed by atoms with Crippen LogP contribution in [0.5, 0.6) is 0 Å². The molecule has 0 spiro atoms. The minimum Gasteiger partial charge on any atom is -0.465 e. The molecule has 0 radical (unpaired) electrons. The molecule has 3 rings (SSSR count). The SMILES string of the molecule is COC(=O)c1ccc(-c2ccccc2/N=N/c2ccccc2C)cc1C. The second-order valence-electron chi connectivity index (χ2n) is 6.02. The Morgan fingerprint density at radius 1 is 0.808 bits per heavy atom. The Kier molecular flexibility index (Phi) is 5.23. The predicted molar refractivity (Wildman–Crippen MR) is 103 cm³/mol. The van der Waals surface area contributed by atoms with Crippen LogP contribution in [0, 0.1) is 13.8 Å². The molecule has 0 aliphatic heterocycles. The number of ether oxygens (including phenoxy) is 1. The minimum absolute atomic E-state index is 0.332. The third-order valence-electron chi connectivity index (χ3n) is 4.23. The fourth-order valence-electron chi connectivity index (χ4n) is 2.76. The maximum atomic E-state index is 11.8. The van der Waals surface area contributed by atoms with Crippen LogP contribution in [0.15, 0.2) is 77.0 Å². The molecule has 0 fully saturated rings. The second kappa shape index (κ2) is 7.74. The van der Waals surface area contributed by atoms with Crippen LogP contribution < -0.4 is 0 Å². The Balaban J connectivity index is 1.99. The van der Waals surface area contributed by atoms with Gasteiger partial charge in [0.15, 0.2) is 0 Å². The van der Waals surface area contributed by atoms with Crippen molar-refractivity contribution in [1.29, 1.82) is 0 Å². The van der Waals surface area contributed by atoms with Crippen LogP contribution in [0.4, 0.5) is 11.4 Å². The number of azo groups is 1. The summed E-state index contributed by atoms with van der Waals surface area (Å²) < 4.78 is 4.81. The average molecular weight is 344 g/mol. The zero-order chi connectivity index (χ0) is 18.5. The molecule has 3 aromatic carbocycles. The number of nitrogens with zero attached hydrogens (tertiary/aromatic N) is 2. The molecule has 0 saturated heterocycles. The molecule has 3 aromatic rings. The zero-order valence-electron chi connectivity index (χ0n) is 15.1. The molecule has 26 heavy (non-hydrogen) atoms. The normalized spacial score (nSPS) is 10.9. The van der Waals surface area contributed by atoms with Gasteiger partial charge in [-0.15, -0.1) is 5.11 Å². The van der Waals surface area contributed by atoms with E-state index in [9.17, 15) is 4.79 Å². The summed E-state index contributed by atoms with van der Waals surface area (Å²) in [4.78, 5) is 11.8. The lowest BCUT2D eigenvalue weighted by atomic mass is 9.99. The number of esters is 1. The summed E-state index contributed by atoms with van der Waals surface area (Å²) in [5, 5.41) is 8.84. The van der Waals surface area contributed by atoms with E-state index in [1.54, 1.807) is 6.07 Å². The molecule has 0 aromatic heterocycles. The van der Waals surface area contributed by atoms with Crippen molar-refractivity contribution < 1.29 is 9.53 Å². The highest BCUT2D eigenvalue weighted by molar-refractivity contribution is 5.92. The Labute approximate surface area is 153 Å². The maximum absolute atomic E-state index is 11.8. The molecule has 0 unspecified atom stereocenters. The van der Waals surface area contributed by atoms with E-state index in [-0.39, 0.29) is 5.97 Å². The van der Waals surface area contributed by atoms with E-state index in [0.717, 1.165) is 33.6 Å². The third kappa shape index (κ3) is 3.70. The first-order valence-electron chi connectivity index (χ1n) is 8.36. The molecule has 4 nitrogen and oxygen atoms in total. The highest BCUT2D eigenvalue weighted by Gasteiger charge is 2.11. The maximum Gasteiger partial charge on any atom is 0.338 e. The van der Waals surface area contributed by atoms with E-state index in [0.29, 0.717) is 5.56 Å². The molecule has 130 valence electrons. The van der Waals surface area contributed by atoms with Gasteiger partial charge in [0, 0.05) is 5.56 Å². The average Bonchev–Trinajstić information content (AvgIpc) is 2.67. The lowest BCUT2D eigenvalue weighted by Gasteiger charge is -2.09. The number of carbonyl (C=O) groups excluding carboxylic acids is 1. The van der Waals surface area contributed by atoms with Crippen molar-refractivity contribution in [2.75, 3.05) is 7.11 Å². The van der Waals surface area contributed by atoms with Crippen LogP contribution in [-0.2, 0) is 4.74 Å². The van der Waals surface area contributed by atoms with Gasteiger partial charge >= 0.3 is 5.97 Å². The monoisotopic (exact) mass is 344 g/mol. The molecule has 4 heteroatoms. The van der Waals surface area contributed by atoms with Gasteiger partial charge in [0.1, 0.15) is 0 Å². The minimum atomic E-state index is -0.332. The highest BCUT2D eigenvalue weighted by atomic mass is 16.5. The van der Waals surface area contributed by atoms with Gasteiger partial charge in [-0.3, -0.25) is 0 Å². The van der Waals surface area contributed by atoms with Gasteiger partial charge < -0.3 is 4.74 Å². The summed E-state index contributed by atoms with van der Waals surface area (Å²) in [6.07, 6.45) is 0. The Hall–Kier alpha value is -3.27. The number of aryl methyl sites for hydroxylation is 2. The van der Waals surface area contributed by atoms with Crippen molar-refractivity contribution in [3.05, 3.63) is 83.4 Å². The Bertz CT molecular complexity index is 977. The molecule has 0 heterocycles. The standard InChI is InChI=1S/C22H20N2O2/c1-15-8-4-6-10-20(15)23-24-21-11-7-5-9-19(21)17-12-13-18(16(2)14-17)22(25)26-3/h4-14H,1-3H3/b24-23+. The van der Waals surface area contributed by atoms with Crippen molar-refractivity contribution in [2.24, 2.45) is 10.2 Å². The molecule has 0 aliphatic carbocycles. The van der Waals surface area contributed by atoms with E-state index in [1.807, 2.05) is 74.5 Å². The number of rotatable bonds is 4. The summed E-state index contributed by atoms with van der Waals surface area (Å²) in [6.45, 7) is 3.91. The van der Waals surface area contributed by atoms with Gasteiger partial charge in [-0.05, 0) is 48.7 Å². The third-order valence-corrected chi connectivity index (χ3v) is 4.23. The summed E-state index contributed by atoms with van der Waals surface area (Å²) in [6, 6.07) is 21.4. The van der Waals surface area contributed by atoms with Crippen molar-refractivity contribution in [3.63, 3.8) is 0 Å². The second-order valence-corrected chi connectivity index (χ2v) is 6.02. The fraction of sp³-hybridized carbons (Fsp3) is 0.136. The molecule has 0 N–H and O–H groups in total. The van der Waals surface area contributed by atoms with E-state index in [2.05, 4.69) is 10.2 Å². The first kappa shape index (κ1) is 17.5. The lowest BCUT2D eigenvalue weighted by Crippen LogP contribution is -2.03. The van der Waals surface area contributed by atoms with Gasteiger partial charge in [0.05, 0.1) is 24.0 Å². The molecular formula is C22H20N2O2. The van der Waals surface area contributed by atoms with Gasteiger partial charge in [0.2, 0.25) is 0 Å². The van der Waals surface area contributed by atoms with Crippen LogP contribution in [0.25, 0.3) is 11.1 Å². The summed E-state index contributed by atoms with van der Waals surface area (Å²) in [5.74, 6) is -0.332. The van der Waals surface area contributed by atoms with Gasteiger partial charge in [-0.25, -0.2) is 4.79 Å². The smallest absolute Gasteiger partial charge is 0.338 e. The lowest BCUT2D eigenvalue weighted by molar-refractivity contribution is 0.0600. The number of methoxy groups -OCH3 is 1. The van der Waals surface area contributed by atoms with Crippen molar-refractivity contribution in [1.82, 2.24) is 0 Å². The molecule has 0 amide bonds. The van der Waals surface area contributed by atoms with Gasteiger partial charge in [-0.2, -0.15) is 5.11 Å². The molecular weight excluding hydrogens is 324 g/mol.